The number of nitrogens with two attached hydrogens (primary N) is 1. The molecule has 4 heteroatoms. The van der Waals surface area contributed by atoms with Gasteiger partial charge in [0.25, 0.3) is 0 Å². The largest absolute Gasteiger partial charge is 0.374 e. The van der Waals surface area contributed by atoms with Crippen molar-refractivity contribution in [3.63, 3.8) is 0 Å². The lowest BCUT2D eigenvalue weighted by Gasteiger charge is -2.38. The van der Waals surface area contributed by atoms with Crippen LogP contribution in [0.4, 0.5) is 0 Å². The van der Waals surface area contributed by atoms with Gasteiger partial charge in [0, 0.05) is 19.1 Å². The number of rotatable bonds is 5. The van der Waals surface area contributed by atoms with Crippen molar-refractivity contribution in [3.05, 3.63) is 12.7 Å². The quantitative estimate of drug-likeness (QED) is 0.397. The fraction of sp³-hybridized carbons (Fsp3) is 0.818. The molecule has 1 aliphatic heterocycles. The minimum atomic E-state index is 0.170. The third kappa shape index (κ3) is 3.57. The molecule has 1 rings (SSSR count). The standard InChI is InChI=1S/C11H23N3O/c1-4-5-10(13-12)11-8-14(9(2)3)6-7-15-11/h4,9-11,13H,1,5-8,12H2,2-3H3. The van der Waals surface area contributed by atoms with Crippen molar-refractivity contribution >= 4 is 0 Å². The number of hydrogen-bond acceptors (Lipinski definition) is 4. The molecule has 0 radical (unpaired) electrons. The second kappa shape index (κ2) is 6.23. The van der Waals surface area contributed by atoms with Crippen molar-refractivity contribution < 1.29 is 4.74 Å². The van der Waals surface area contributed by atoms with Crippen molar-refractivity contribution in [3.8, 4) is 0 Å². The van der Waals surface area contributed by atoms with Crippen LogP contribution in [-0.2, 0) is 4.74 Å². The molecule has 3 N–H and O–H groups in total. The molecule has 0 aromatic rings. The molecule has 0 aromatic heterocycles. The average Bonchev–Trinajstić information content (AvgIpc) is 2.26. The topological polar surface area (TPSA) is 50.5 Å². The van der Waals surface area contributed by atoms with Crippen molar-refractivity contribution in [2.24, 2.45) is 5.84 Å². The molecule has 0 aromatic carbocycles. The molecule has 1 fully saturated rings. The van der Waals surface area contributed by atoms with Crippen LogP contribution in [-0.4, -0.2) is 42.8 Å². The van der Waals surface area contributed by atoms with Gasteiger partial charge in [0.05, 0.1) is 18.8 Å². The first-order chi connectivity index (χ1) is 7.19. The second-order valence-corrected chi connectivity index (χ2v) is 4.30. The third-order valence-electron chi connectivity index (χ3n) is 2.94. The zero-order valence-corrected chi connectivity index (χ0v) is 9.78. The van der Waals surface area contributed by atoms with Gasteiger partial charge in [-0.3, -0.25) is 16.2 Å². The Hall–Kier alpha value is -0.420. The van der Waals surface area contributed by atoms with Gasteiger partial charge in [0.15, 0.2) is 0 Å². The first-order valence-corrected chi connectivity index (χ1v) is 5.61. The molecule has 0 spiro atoms. The Morgan fingerprint density at radius 2 is 2.40 bits per heavy atom. The van der Waals surface area contributed by atoms with E-state index in [-0.39, 0.29) is 12.1 Å². The van der Waals surface area contributed by atoms with Gasteiger partial charge in [-0.1, -0.05) is 6.08 Å². The van der Waals surface area contributed by atoms with E-state index in [0.29, 0.717) is 6.04 Å². The Morgan fingerprint density at radius 3 is 2.93 bits per heavy atom. The highest BCUT2D eigenvalue weighted by atomic mass is 16.5. The van der Waals surface area contributed by atoms with Gasteiger partial charge in [0.1, 0.15) is 0 Å². The van der Waals surface area contributed by atoms with Crippen molar-refractivity contribution in [2.75, 3.05) is 19.7 Å². The van der Waals surface area contributed by atoms with E-state index in [9.17, 15) is 0 Å². The van der Waals surface area contributed by atoms with E-state index in [0.717, 1.165) is 26.1 Å². The van der Waals surface area contributed by atoms with Gasteiger partial charge in [-0.2, -0.15) is 0 Å². The lowest BCUT2D eigenvalue weighted by molar-refractivity contribution is -0.0548. The number of ether oxygens (including phenoxy) is 1. The molecule has 88 valence electrons. The van der Waals surface area contributed by atoms with E-state index in [1.54, 1.807) is 0 Å². The van der Waals surface area contributed by atoms with Crippen LogP contribution < -0.4 is 11.3 Å². The second-order valence-electron chi connectivity index (χ2n) is 4.30. The normalized spacial score (nSPS) is 25.5. The van der Waals surface area contributed by atoms with Gasteiger partial charge in [0.2, 0.25) is 0 Å². The lowest BCUT2D eigenvalue weighted by atomic mass is 10.1. The summed E-state index contributed by atoms with van der Waals surface area (Å²) in [6.45, 7) is 10.9. The minimum Gasteiger partial charge on any atom is -0.374 e. The molecule has 0 amide bonds. The number of morpholine rings is 1. The summed E-state index contributed by atoms with van der Waals surface area (Å²) in [4.78, 5) is 2.42. The van der Waals surface area contributed by atoms with E-state index in [1.807, 2.05) is 6.08 Å². The Kier molecular flexibility index (Phi) is 5.25. The predicted molar refractivity (Wildman–Crippen MR) is 62.4 cm³/mol. The fourth-order valence-corrected chi connectivity index (χ4v) is 1.92. The number of hydrazine groups is 1. The summed E-state index contributed by atoms with van der Waals surface area (Å²) in [6, 6.07) is 0.739. The molecule has 4 nitrogen and oxygen atoms in total. The van der Waals surface area contributed by atoms with Gasteiger partial charge in [-0.05, 0) is 20.3 Å². The molecule has 2 unspecified atom stereocenters. The summed E-state index contributed by atoms with van der Waals surface area (Å²) in [6.07, 6.45) is 2.89. The smallest absolute Gasteiger partial charge is 0.0871 e. The molecule has 15 heavy (non-hydrogen) atoms. The van der Waals surface area contributed by atoms with E-state index in [4.69, 9.17) is 10.6 Å². The van der Waals surface area contributed by atoms with Crippen molar-refractivity contribution in [1.82, 2.24) is 10.3 Å². The summed E-state index contributed by atoms with van der Waals surface area (Å²) in [5, 5.41) is 0. The van der Waals surface area contributed by atoms with Gasteiger partial charge < -0.3 is 4.74 Å². The molecule has 0 bridgehead atoms. The molecular weight excluding hydrogens is 190 g/mol. The van der Waals surface area contributed by atoms with Gasteiger partial charge >= 0.3 is 0 Å². The van der Waals surface area contributed by atoms with Gasteiger partial charge in [-0.15, -0.1) is 6.58 Å². The molecule has 0 aliphatic carbocycles. The summed E-state index contributed by atoms with van der Waals surface area (Å²) >= 11 is 0. The number of nitrogens with one attached hydrogen (secondary N) is 1. The van der Waals surface area contributed by atoms with Gasteiger partial charge in [-0.25, -0.2) is 0 Å². The van der Waals surface area contributed by atoms with Crippen LogP contribution in [0.1, 0.15) is 20.3 Å². The molecule has 0 saturated carbocycles. The SMILES string of the molecule is C=CCC(NN)C1CN(C(C)C)CCO1. The zero-order valence-electron chi connectivity index (χ0n) is 9.78. The molecule has 1 saturated heterocycles. The highest BCUT2D eigenvalue weighted by Gasteiger charge is 2.27. The Bertz CT molecular complexity index is 196. The Labute approximate surface area is 92.4 Å². The minimum absolute atomic E-state index is 0.170. The maximum atomic E-state index is 5.73. The highest BCUT2D eigenvalue weighted by Crippen LogP contribution is 2.13. The Morgan fingerprint density at radius 1 is 1.67 bits per heavy atom. The van der Waals surface area contributed by atoms with Crippen LogP contribution in [0.25, 0.3) is 0 Å². The maximum Gasteiger partial charge on any atom is 0.0871 e. The average molecular weight is 213 g/mol. The first-order valence-electron chi connectivity index (χ1n) is 5.61. The van der Waals surface area contributed by atoms with Crippen LogP contribution in [0.2, 0.25) is 0 Å². The maximum absolute atomic E-state index is 5.73. The highest BCUT2D eigenvalue weighted by molar-refractivity contribution is 4.87. The summed E-state index contributed by atoms with van der Waals surface area (Å²) in [5.41, 5.74) is 2.81. The molecule has 1 heterocycles. The summed E-state index contributed by atoms with van der Waals surface area (Å²) in [7, 11) is 0. The summed E-state index contributed by atoms with van der Waals surface area (Å²) in [5.74, 6) is 5.51. The van der Waals surface area contributed by atoms with Crippen molar-refractivity contribution in [2.45, 2.75) is 38.5 Å². The van der Waals surface area contributed by atoms with Crippen LogP contribution in [0.5, 0.6) is 0 Å². The van der Waals surface area contributed by atoms with E-state index in [2.05, 4.69) is 30.8 Å². The van der Waals surface area contributed by atoms with E-state index < -0.39 is 0 Å². The van der Waals surface area contributed by atoms with Crippen LogP contribution >= 0.6 is 0 Å². The lowest BCUT2D eigenvalue weighted by Crippen LogP contribution is -2.55. The van der Waals surface area contributed by atoms with Crippen LogP contribution in [0.15, 0.2) is 12.7 Å². The first kappa shape index (κ1) is 12.6. The van der Waals surface area contributed by atoms with Crippen LogP contribution in [0, 0.1) is 0 Å². The summed E-state index contributed by atoms with van der Waals surface area (Å²) < 4.78 is 5.73. The van der Waals surface area contributed by atoms with Crippen LogP contribution in [0.3, 0.4) is 0 Å². The fourth-order valence-electron chi connectivity index (χ4n) is 1.92. The predicted octanol–water partition coefficient (Wildman–Crippen LogP) is 0.504. The third-order valence-corrected chi connectivity index (χ3v) is 2.94. The zero-order chi connectivity index (χ0) is 11.3. The Balaban J connectivity index is 2.49. The number of nitrogens with zero attached hydrogens (tertiary/aromatic N) is 1. The monoisotopic (exact) mass is 213 g/mol. The molecule has 2 atom stereocenters. The van der Waals surface area contributed by atoms with E-state index >= 15 is 0 Å². The molecular formula is C11H23N3O. The van der Waals surface area contributed by atoms with Crippen molar-refractivity contribution in [1.29, 1.82) is 0 Å². The number of hydrogen-bond donors (Lipinski definition) is 2. The molecule has 1 aliphatic rings. The van der Waals surface area contributed by atoms with E-state index in [1.165, 1.54) is 0 Å².